The molecular formula is C11H16N2O2. The molecule has 1 aromatic rings. The summed E-state index contributed by atoms with van der Waals surface area (Å²) in [6, 6.07) is 0. The zero-order valence-electron chi connectivity index (χ0n) is 9.16. The summed E-state index contributed by atoms with van der Waals surface area (Å²) in [5.74, 6) is 0.943. The number of fused-ring (bicyclic) bond motifs is 1. The highest BCUT2D eigenvalue weighted by Gasteiger charge is 2.22. The molecule has 4 heteroatoms. The van der Waals surface area contributed by atoms with Crippen LogP contribution in [0.25, 0.3) is 0 Å². The Balaban J connectivity index is 2.35. The van der Waals surface area contributed by atoms with E-state index in [0.29, 0.717) is 5.92 Å². The van der Waals surface area contributed by atoms with E-state index in [9.17, 15) is 4.79 Å². The van der Waals surface area contributed by atoms with Crippen molar-refractivity contribution in [2.45, 2.75) is 39.7 Å². The molecule has 0 aromatic carbocycles. The molecule has 1 aromatic heterocycles. The van der Waals surface area contributed by atoms with Crippen LogP contribution in [0.5, 0.6) is 0 Å². The predicted octanol–water partition coefficient (Wildman–Crippen LogP) is 1.40. The number of aliphatic carboxylic acids is 1. The Kier molecular flexibility index (Phi) is 2.50. The molecule has 1 unspecified atom stereocenters. The van der Waals surface area contributed by atoms with Gasteiger partial charge < -0.3 is 9.67 Å². The molecule has 2 heterocycles. The molecule has 1 atom stereocenters. The van der Waals surface area contributed by atoms with Crippen LogP contribution in [-0.2, 0) is 24.2 Å². The van der Waals surface area contributed by atoms with E-state index in [-0.39, 0.29) is 6.42 Å². The number of imidazole rings is 1. The lowest BCUT2D eigenvalue weighted by atomic mass is 10.0. The Bertz CT molecular complexity index is 396. The van der Waals surface area contributed by atoms with Gasteiger partial charge in [-0.05, 0) is 19.3 Å². The average molecular weight is 208 g/mol. The molecule has 82 valence electrons. The highest BCUT2D eigenvalue weighted by atomic mass is 16.4. The first-order valence-corrected chi connectivity index (χ1v) is 5.34. The van der Waals surface area contributed by atoms with E-state index in [4.69, 9.17) is 5.11 Å². The molecule has 0 bridgehead atoms. The molecule has 0 saturated heterocycles. The Labute approximate surface area is 88.9 Å². The van der Waals surface area contributed by atoms with E-state index in [1.165, 1.54) is 0 Å². The van der Waals surface area contributed by atoms with E-state index in [1.807, 2.05) is 6.92 Å². The number of nitrogens with zero attached hydrogens (tertiary/aromatic N) is 2. The molecule has 0 radical (unpaired) electrons. The fourth-order valence-electron chi connectivity index (χ4n) is 2.22. The van der Waals surface area contributed by atoms with Crippen LogP contribution >= 0.6 is 0 Å². The molecule has 1 aliphatic heterocycles. The molecule has 0 fully saturated rings. The van der Waals surface area contributed by atoms with Crippen LogP contribution in [0.2, 0.25) is 0 Å². The maximum absolute atomic E-state index is 10.7. The van der Waals surface area contributed by atoms with Crippen LogP contribution in [0.4, 0.5) is 0 Å². The third-order valence-corrected chi connectivity index (χ3v) is 3.05. The third kappa shape index (κ3) is 1.89. The lowest BCUT2D eigenvalue weighted by Gasteiger charge is -2.21. The van der Waals surface area contributed by atoms with Crippen LogP contribution in [0, 0.1) is 12.8 Å². The SMILES string of the molecule is Cc1nc2n(c1CC(=O)O)CCC(C)C2. The summed E-state index contributed by atoms with van der Waals surface area (Å²) in [6.45, 7) is 5.03. The summed E-state index contributed by atoms with van der Waals surface area (Å²) >= 11 is 0. The summed E-state index contributed by atoms with van der Waals surface area (Å²) in [4.78, 5) is 15.2. The summed E-state index contributed by atoms with van der Waals surface area (Å²) in [5, 5.41) is 8.82. The summed E-state index contributed by atoms with van der Waals surface area (Å²) in [6.07, 6.45) is 2.18. The number of rotatable bonds is 2. The number of hydrogen-bond acceptors (Lipinski definition) is 2. The monoisotopic (exact) mass is 208 g/mol. The van der Waals surface area contributed by atoms with Crippen molar-refractivity contribution in [1.82, 2.24) is 9.55 Å². The Hall–Kier alpha value is -1.32. The second kappa shape index (κ2) is 3.68. The summed E-state index contributed by atoms with van der Waals surface area (Å²) in [7, 11) is 0. The molecule has 1 aliphatic rings. The maximum atomic E-state index is 10.7. The molecule has 0 aliphatic carbocycles. The van der Waals surface area contributed by atoms with Crippen molar-refractivity contribution in [3.8, 4) is 0 Å². The summed E-state index contributed by atoms with van der Waals surface area (Å²) in [5.41, 5.74) is 1.76. The molecule has 1 N–H and O–H groups in total. The van der Waals surface area contributed by atoms with Gasteiger partial charge in [0.2, 0.25) is 0 Å². The second-order valence-electron chi connectivity index (χ2n) is 4.38. The highest BCUT2D eigenvalue weighted by molar-refractivity contribution is 5.70. The first-order chi connectivity index (χ1) is 7.08. The van der Waals surface area contributed by atoms with Crippen molar-refractivity contribution in [1.29, 1.82) is 0 Å². The molecular weight excluding hydrogens is 192 g/mol. The molecule has 15 heavy (non-hydrogen) atoms. The van der Waals surface area contributed by atoms with Crippen molar-refractivity contribution in [3.63, 3.8) is 0 Å². The van der Waals surface area contributed by atoms with Crippen LogP contribution in [0.3, 0.4) is 0 Å². The van der Waals surface area contributed by atoms with Gasteiger partial charge in [-0.15, -0.1) is 0 Å². The number of carboxylic acids is 1. The quantitative estimate of drug-likeness (QED) is 0.799. The number of hydrogen-bond donors (Lipinski definition) is 1. The zero-order valence-corrected chi connectivity index (χ0v) is 9.16. The minimum Gasteiger partial charge on any atom is -0.481 e. The Morgan fingerprint density at radius 1 is 1.67 bits per heavy atom. The van der Waals surface area contributed by atoms with Crippen LogP contribution in [-0.4, -0.2) is 20.6 Å². The van der Waals surface area contributed by atoms with Gasteiger partial charge in [-0.2, -0.15) is 0 Å². The average Bonchev–Trinajstić information content (AvgIpc) is 2.41. The number of carboxylic acid groups (broad SMARTS) is 1. The van der Waals surface area contributed by atoms with Gasteiger partial charge in [0.05, 0.1) is 17.8 Å². The first kappa shape index (κ1) is 10.2. The minimum absolute atomic E-state index is 0.0905. The van der Waals surface area contributed by atoms with Crippen molar-refractivity contribution in [2.24, 2.45) is 5.92 Å². The van der Waals surface area contributed by atoms with Crippen LogP contribution < -0.4 is 0 Å². The number of aromatic nitrogens is 2. The minimum atomic E-state index is -0.778. The smallest absolute Gasteiger partial charge is 0.309 e. The van der Waals surface area contributed by atoms with Crippen LogP contribution in [0.1, 0.15) is 30.6 Å². The molecule has 0 amide bonds. The van der Waals surface area contributed by atoms with Gasteiger partial charge in [-0.25, -0.2) is 4.98 Å². The largest absolute Gasteiger partial charge is 0.481 e. The first-order valence-electron chi connectivity index (χ1n) is 5.34. The number of carbonyl (C=O) groups is 1. The lowest BCUT2D eigenvalue weighted by Crippen LogP contribution is -2.20. The van der Waals surface area contributed by atoms with Gasteiger partial charge in [0.25, 0.3) is 0 Å². The predicted molar refractivity (Wildman–Crippen MR) is 55.8 cm³/mol. The lowest BCUT2D eigenvalue weighted by molar-refractivity contribution is -0.136. The van der Waals surface area contributed by atoms with E-state index in [1.54, 1.807) is 0 Å². The second-order valence-corrected chi connectivity index (χ2v) is 4.38. The van der Waals surface area contributed by atoms with Crippen molar-refractivity contribution in [2.75, 3.05) is 0 Å². The third-order valence-electron chi connectivity index (χ3n) is 3.05. The van der Waals surface area contributed by atoms with E-state index >= 15 is 0 Å². The van der Waals surface area contributed by atoms with Crippen molar-refractivity contribution < 1.29 is 9.90 Å². The van der Waals surface area contributed by atoms with Crippen LogP contribution in [0.15, 0.2) is 0 Å². The van der Waals surface area contributed by atoms with E-state index in [2.05, 4.69) is 16.5 Å². The van der Waals surface area contributed by atoms with Gasteiger partial charge in [0, 0.05) is 13.0 Å². The Morgan fingerprint density at radius 2 is 2.40 bits per heavy atom. The van der Waals surface area contributed by atoms with Crippen molar-refractivity contribution in [3.05, 3.63) is 17.2 Å². The van der Waals surface area contributed by atoms with Gasteiger partial charge in [-0.3, -0.25) is 4.79 Å². The summed E-state index contributed by atoms with van der Waals surface area (Å²) < 4.78 is 2.09. The fourth-order valence-corrected chi connectivity index (χ4v) is 2.22. The van der Waals surface area contributed by atoms with Crippen molar-refractivity contribution >= 4 is 5.97 Å². The molecule has 0 spiro atoms. The van der Waals surface area contributed by atoms with Gasteiger partial charge in [-0.1, -0.05) is 6.92 Å². The molecule has 2 rings (SSSR count). The fraction of sp³-hybridized carbons (Fsp3) is 0.636. The zero-order chi connectivity index (χ0) is 11.0. The maximum Gasteiger partial charge on any atom is 0.309 e. The molecule has 0 saturated carbocycles. The van der Waals surface area contributed by atoms with E-state index < -0.39 is 5.97 Å². The Morgan fingerprint density at radius 3 is 3.07 bits per heavy atom. The topological polar surface area (TPSA) is 55.1 Å². The number of aryl methyl sites for hydroxylation is 1. The van der Waals surface area contributed by atoms with Gasteiger partial charge >= 0.3 is 5.97 Å². The molecule has 4 nitrogen and oxygen atoms in total. The van der Waals surface area contributed by atoms with Gasteiger partial charge in [0.1, 0.15) is 5.82 Å². The standard InChI is InChI=1S/C11H16N2O2/c1-7-3-4-13-9(6-11(14)15)8(2)12-10(13)5-7/h7H,3-6H2,1-2H3,(H,14,15). The van der Waals surface area contributed by atoms with E-state index in [0.717, 1.165) is 36.6 Å². The van der Waals surface area contributed by atoms with Gasteiger partial charge in [0.15, 0.2) is 0 Å². The normalized spacial score (nSPS) is 20.0. The highest BCUT2D eigenvalue weighted by Crippen LogP contribution is 2.23.